The third kappa shape index (κ3) is 0.932. The second kappa shape index (κ2) is 2.26. The summed E-state index contributed by atoms with van der Waals surface area (Å²) in [5, 5.41) is 0. The summed E-state index contributed by atoms with van der Waals surface area (Å²) in [5.41, 5.74) is 0. The van der Waals surface area contributed by atoms with E-state index in [9.17, 15) is 0 Å². The fourth-order valence-electron chi connectivity index (χ4n) is 0.416. The van der Waals surface area contributed by atoms with Crippen molar-refractivity contribution >= 4 is 12.7 Å². The van der Waals surface area contributed by atoms with E-state index < -0.39 is 0 Å². The van der Waals surface area contributed by atoms with Crippen LogP contribution in [0.2, 0.25) is 0 Å². The molecule has 0 aromatic rings. The van der Waals surface area contributed by atoms with Crippen LogP contribution in [0, 0.1) is 6.58 Å². The smallest absolute Gasteiger partial charge is 0.117 e. The molecule has 41 valence electrons. The first kappa shape index (κ1) is 5.03. The zero-order chi connectivity index (χ0) is 5.82. The molecule has 0 spiro atoms. The van der Waals surface area contributed by atoms with E-state index in [2.05, 4.69) is 9.98 Å². The molecule has 1 rings (SSSR count). The molecule has 0 aromatic carbocycles. The zero-order valence-corrected chi connectivity index (χ0v) is 4.36. The van der Waals surface area contributed by atoms with Crippen LogP contribution in [0.5, 0.6) is 0 Å². The van der Waals surface area contributed by atoms with Gasteiger partial charge in [-0.2, -0.15) is 0 Å². The van der Waals surface area contributed by atoms with Crippen LogP contribution >= 0.6 is 0 Å². The molecule has 1 aliphatic heterocycles. The van der Waals surface area contributed by atoms with Crippen molar-refractivity contribution in [2.75, 3.05) is 6.67 Å². The van der Waals surface area contributed by atoms with Gasteiger partial charge in [-0.05, 0) is 6.58 Å². The van der Waals surface area contributed by atoms with Crippen molar-refractivity contribution in [3.63, 3.8) is 0 Å². The Morgan fingerprint density at radius 1 is 1.75 bits per heavy atom. The Morgan fingerprint density at radius 3 is 3.00 bits per heavy atom. The monoisotopic (exact) mass is 108 g/mol. The highest BCUT2D eigenvalue weighted by atomic mass is 15.2. The molecule has 0 N–H and O–H groups in total. The van der Waals surface area contributed by atoms with Crippen molar-refractivity contribution in [1.82, 2.24) is 4.90 Å². The van der Waals surface area contributed by atoms with Crippen LogP contribution < -0.4 is 0 Å². The summed E-state index contributed by atoms with van der Waals surface area (Å²) in [6.45, 7) is 5.72. The quantitative estimate of drug-likeness (QED) is 0.473. The van der Waals surface area contributed by atoms with E-state index in [1.54, 1.807) is 11.2 Å². The fourth-order valence-corrected chi connectivity index (χ4v) is 0.416. The fraction of sp³-hybridized carbons (Fsp3) is 0.200. The van der Waals surface area contributed by atoms with Gasteiger partial charge in [-0.15, -0.1) is 0 Å². The summed E-state index contributed by atoms with van der Waals surface area (Å²) in [6, 6.07) is 0. The summed E-state index contributed by atoms with van der Waals surface area (Å²) in [6.07, 6.45) is 4.55. The van der Waals surface area contributed by atoms with Gasteiger partial charge in [0.15, 0.2) is 0 Å². The SMILES string of the molecule is [CH]=CN1C=NC=NC1. The minimum absolute atomic E-state index is 0.583. The van der Waals surface area contributed by atoms with Crippen molar-refractivity contribution in [1.29, 1.82) is 0 Å². The average molecular weight is 108 g/mol. The van der Waals surface area contributed by atoms with Gasteiger partial charge in [0.1, 0.15) is 13.0 Å². The summed E-state index contributed by atoms with van der Waals surface area (Å²) >= 11 is 0. The van der Waals surface area contributed by atoms with E-state index in [4.69, 9.17) is 6.58 Å². The molecule has 0 amide bonds. The lowest BCUT2D eigenvalue weighted by atomic mass is 10.7. The van der Waals surface area contributed by atoms with Gasteiger partial charge in [-0.25, -0.2) is 4.99 Å². The topological polar surface area (TPSA) is 28.0 Å². The minimum atomic E-state index is 0.583. The molecule has 0 unspecified atom stereocenters. The first-order valence-electron chi connectivity index (χ1n) is 2.26. The van der Waals surface area contributed by atoms with Crippen LogP contribution in [-0.4, -0.2) is 24.2 Å². The van der Waals surface area contributed by atoms with Gasteiger partial charge < -0.3 is 4.90 Å². The zero-order valence-electron chi connectivity index (χ0n) is 4.36. The molecule has 3 nitrogen and oxygen atoms in total. The maximum absolute atomic E-state index is 5.14. The Hall–Kier alpha value is -1.12. The van der Waals surface area contributed by atoms with Crippen molar-refractivity contribution < 1.29 is 0 Å². The molecule has 0 aliphatic carbocycles. The van der Waals surface area contributed by atoms with Crippen LogP contribution in [0.3, 0.4) is 0 Å². The van der Waals surface area contributed by atoms with E-state index >= 15 is 0 Å². The van der Waals surface area contributed by atoms with E-state index in [-0.39, 0.29) is 0 Å². The highest BCUT2D eigenvalue weighted by Crippen LogP contribution is 1.87. The number of aliphatic imine (C=N–C) groups is 2. The van der Waals surface area contributed by atoms with Crippen LogP contribution in [0.1, 0.15) is 0 Å². The maximum Gasteiger partial charge on any atom is 0.117 e. The van der Waals surface area contributed by atoms with E-state index in [0.717, 1.165) is 0 Å². The Kier molecular flexibility index (Phi) is 1.42. The first-order chi connectivity index (χ1) is 3.93. The molecular weight excluding hydrogens is 102 g/mol. The highest BCUT2D eigenvalue weighted by molar-refractivity contribution is 5.73. The molecule has 0 bridgehead atoms. The van der Waals surface area contributed by atoms with E-state index in [1.807, 2.05) is 0 Å². The predicted molar refractivity (Wildman–Crippen MR) is 32.6 cm³/mol. The molecular formula is C5H6N3. The van der Waals surface area contributed by atoms with Gasteiger partial charge in [0.2, 0.25) is 0 Å². The lowest BCUT2D eigenvalue weighted by Crippen LogP contribution is -2.17. The van der Waals surface area contributed by atoms with Gasteiger partial charge in [0.05, 0.1) is 6.34 Å². The van der Waals surface area contributed by atoms with Crippen LogP contribution in [0.15, 0.2) is 16.2 Å². The van der Waals surface area contributed by atoms with Crippen LogP contribution in [0.25, 0.3) is 0 Å². The van der Waals surface area contributed by atoms with Crippen molar-refractivity contribution in [3.05, 3.63) is 12.8 Å². The standard InChI is InChI=1S/C5H6N3/c1-2-8-4-6-3-7-5-8/h1-4H,5H2. The number of nitrogens with zero attached hydrogens (tertiary/aromatic N) is 3. The Morgan fingerprint density at radius 2 is 2.62 bits per heavy atom. The van der Waals surface area contributed by atoms with Gasteiger partial charge >= 0.3 is 0 Å². The number of hydrogen-bond acceptors (Lipinski definition) is 3. The minimum Gasteiger partial charge on any atom is -0.319 e. The van der Waals surface area contributed by atoms with E-state index in [0.29, 0.717) is 6.67 Å². The Labute approximate surface area is 48.1 Å². The van der Waals surface area contributed by atoms with Gasteiger partial charge in [-0.3, -0.25) is 4.99 Å². The second-order valence-corrected chi connectivity index (χ2v) is 1.37. The van der Waals surface area contributed by atoms with Gasteiger partial charge in [0.25, 0.3) is 0 Å². The van der Waals surface area contributed by atoms with Crippen LogP contribution in [-0.2, 0) is 0 Å². The lowest BCUT2D eigenvalue weighted by molar-refractivity contribution is 0.587. The molecule has 0 atom stereocenters. The molecule has 3 heteroatoms. The second-order valence-electron chi connectivity index (χ2n) is 1.37. The normalized spacial score (nSPS) is 16.8. The Bertz CT molecular complexity index is 137. The molecule has 0 aromatic heterocycles. The summed E-state index contributed by atoms with van der Waals surface area (Å²) in [5.74, 6) is 0. The van der Waals surface area contributed by atoms with Crippen LogP contribution in [0.4, 0.5) is 0 Å². The first-order valence-corrected chi connectivity index (χ1v) is 2.26. The highest BCUT2D eigenvalue weighted by Gasteiger charge is 1.91. The largest absolute Gasteiger partial charge is 0.319 e. The third-order valence-electron chi connectivity index (χ3n) is 0.800. The summed E-state index contributed by atoms with van der Waals surface area (Å²) < 4.78 is 0. The third-order valence-corrected chi connectivity index (χ3v) is 0.800. The van der Waals surface area contributed by atoms with Crippen molar-refractivity contribution in [3.8, 4) is 0 Å². The molecule has 0 saturated carbocycles. The molecule has 0 saturated heterocycles. The summed E-state index contributed by atoms with van der Waals surface area (Å²) in [4.78, 5) is 9.23. The molecule has 1 radical (unpaired) electrons. The average Bonchev–Trinajstić information content (AvgIpc) is 1.90. The lowest BCUT2D eigenvalue weighted by Gasteiger charge is -2.10. The van der Waals surface area contributed by atoms with Crippen molar-refractivity contribution in [2.45, 2.75) is 0 Å². The van der Waals surface area contributed by atoms with Crippen molar-refractivity contribution in [2.24, 2.45) is 9.98 Å². The van der Waals surface area contributed by atoms with Gasteiger partial charge in [-0.1, -0.05) is 0 Å². The number of rotatable bonds is 1. The number of hydrogen-bond donors (Lipinski definition) is 0. The maximum atomic E-state index is 5.14. The molecule has 1 aliphatic rings. The molecule has 1 heterocycles. The Balaban J connectivity index is 2.51. The molecule has 8 heavy (non-hydrogen) atoms. The predicted octanol–water partition coefficient (Wildman–Crippen LogP) is 0.263. The molecule has 0 fully saturated rings. The van der Waals surface area contributed by atoms with E-state index in [1.165, 1.54) is 12.5 Å². The van der Waals surface area contributed by atoms with Gasteiger partial charge in [0, 0.05) is 6.20 Å². The summed E-state index contributed by atoms with van der Waals surface area (Å²) in [7, 11) is 0.